The van der Waals surface area contributed by atoms with Crippen LogP contribution in [0, 0.1) is 0 Å². The summed E-state index contributed by atoms with van der Waals surface area (Å²) in [7, 11) is 0.0287. The Morgan fingerprint density at radius 3 is 2.32 bits per heavy atom. The molecule has 0 radical (unpaired) electrons. The smallest absolute Gasteiger partial charge is 0.330 e. The van der Waals surface area contributed by atoms with E-state index >= 15 is 0 Å². The van der Waals surface area contributed by atoms with Gasteiger partial charge in [-0.3, -0.25) is 18.7 Å². The van der Waals surface area contributed by atoms with E-state index in [1.54, 1.807) is 48.5 Å². The highest BCUT2D eigenvalue weighted by Gasteiger charge is 2.27. The molecule has 0 bridgehead atoms. The fraction of sp³-hybridized carbons (Fsp3) is 0.192. The molecule has 1 heterocycles. The first kappa shape index (κ1) is 25.9. The fourth-order valence-electron chi connectivity index (χ4n) is 4.00. The van der Waals surface area contributed by atoms with Gasteiger partial charge in [0.05, 0.1) is 28.6 Å². The van der Waals surface area contributed by atoms with Crippen molar-refractivity contribution >= 4 is 32.5 Å². The summed E-state index contributed by atoms with van der Waals surface area (Å²) in [4.78, 5) is 38.0. The molecule has 0 saturated heterocycles. The molecule has 3 aromatic carbocycles. The van der Waals surface area contributed by atoms with Crippen LogP contribution in [-0.2, 0) is 35.3 Å². The lowest BCUT2D eigenvalue weighted by molar-refractivity contribution is -0.117. The Balaban J connectivity index is 1.71. The zero-order chi connectivity index (χ0) is 26.7. The number of ether oxygens (including phenoxy) is 1. The number of aryl methyl sites for hydroxylation is 1. The van der Waals surface area contributed by atoms with Gasteiger partial charge in [0.25, 0.3) is 5.56 Å². The second-order valence-electron chi connectivity index (χ2n) is 8.44. The van der Waals surface area contributed by atoms with Gasteiger partial charge in [-0.15, -0.1) is 0 Å². The van der Waals surface area contributed by atoms with Gasteiger partial charge in [-0.05, 0) is 42.3 Å². The normalized spacial score (nSPS) is 12.3. The first-order valence-corrected chi connectivity index (χ1v) is 12.8. The van der Waals surface area contributed by atoms with E-state index in [0.29, 0.717) is 17.0 Å². The third kappa shape index (κ3) is 5.32. The summed E-state index contributed by atoms with van der Waals surface area (Å²) in [6, 6.07) is 18.5. The quantitative estimate of drug-likeness (QED) is 0.363. The third-order valence-corrected chi connectivity index (χ3v) is 7.48. The highest BCUT2D eigenvalue weighted by molar-refractivity contribution is 7.89. The molecule has 0 aliphatic rings. The molecular formula is C26H26N4O6S. The summed E-state index contributed by atoms with van der Waals surface area (Å²) in [6.45, 7) is 0. The van der Waals surface area contributed by atoms with E-state index in [1.165, 1.54) is 44.0 Å². The van der Waals surface area contributed by atoms with E-state index in [9.17, 15) is 22.8 Å². The summed E-state index contributed by atoms with van der Waals surface area (Å²) in [5, 5.41) is 2.79. The van der Waals surface area contributed by atoms with E-state index in [0.717, 1.165) is 10.1 Å². The summed E-state index contributed by atoms with van der Waals surface area (Å²) >= 11 is 0. The Labute approximate surface area is 213 Å². The summed E-state index contributed by atoms with van der Waals surface area (Å²) in [5.41, 5.74) is 0.281. The Bertz CT molecular complexity index is 1690. The van der Waals surface area contributed by atoms with Crippen LogP contribution in [0.15, 0.2) is 87.3 Å². The third-order valence-electron chi connectivity index (χ3n) is 6.01. The van der Waals surface area contributed by atoms with Gasteiger partial charge in [0.2, 0.25) is 15.9 Å². The molecule has 4 rings (SSSR count). The van der Waals surface area contributed by atoms with Crippen LogP contribution >= 0.6 is 0 Å². The van der Waals surface area contributed by atoms with Crippen molar-refractivity contribution in [3.63, 3.8) is 0 Å². The van der Waals surface area contributed by atoms with Crippen LogP contribution in [-0.4, -0.2) is 36.6 Å². The number of carbonyl (C=O) groups is 1. The van der Waals surface area contributed by atoms with Crippen LogP contribution in [0.3, 0.4) is 0 Å². The summed E-state index contributed by atoms with van der Waals surface area (Å²) in [5.74, 6) is -0.163. The predicted molar refractivity (Wildman–Crippen MR) is 140 cm³/mol. The molecule has 1 amide bonds. The van der Waals surface area contributed by atoms with E-state index in [-0.39, 0.29) is 16.7 Å². The number of para-hydroxylation sites is 2. The number of nitrogens with zero attached hydrogens (tertiary/aromatic N) is 2. The largest absolute Gasteiger partial charge is 0.495 e. The molecule has 0 aliphatic heterocycles. The average Bonchev–Trinajstić information content (AvgIpc) is 2.90. The Hall–Kier alpha value is -4.22. The van der Waals surface area contributed by atoms with Crippen molar-refractivity contribution < 1.29 is 17.9 Å². The van der Waals surface area contributed by atoms with Crippen LogP contribution in [0.1, 0.15) is 5.56 Å². The first-order valence-electron chi connectivity index (χ1n) is 11.3. The maximum Gasteiger partial charge on any atom is 0.330 e. The van der Waals surface area contributed by atoms with Gasteiger partial charge in [0, 0.05) is 14.1 Å². The molecule has 0 spiro atoms. The zero-order valence-electron chi connectivity index (χ0n) is 20.5. The SMILES string of the molecule is COc1ccccc1NC(=O)[C@@H](Cc1ccccc1)NS(=O)(=O)c1ccc2c(c1)c(=O)n(C)c(=O)n2C. The summed E-state index contributed by atoms with van der Waals surface area (Å²) < 4.78 is 36.8. The Morgan fingerprint density at radius 2 is 1.62 bits per heavy atom. The van der Waals surface area contributed by atoms with Gasteiger partial charge >= 0.3 is 5.69 Å². The number of nitrogens with one attached hydrogen (secondary N) is 2. The molecule has 11 heteroatoms. The molecule has 4 aromatic rings. The van der Waals surface area contributed by atoms with Crippen LogP contribution in [0.5, 0.6) is 5.75 Å². The molecule has 2 N–H and O–H groups in total. The van der Waals surface area contributed by atoms with Gasteiger partial charge in [0.1, 0.15) is 11.8 Å². The minimum absolute atomic E-state index is 0.0607. The van der Waals surface area contributed by atoms with Crippen molar-refractivity contribution in [2.24, 2.45) is 14.1 Å². The van der Waals surface area contributed by atoms with Gasteiger partial charge in [0.15, 0.2) is 0 Å². The molecule has 0 unspecified atom stereocenters. The Kier molecular flexibility index (Phi) is 7.28. The van der Waals surface area contributed by atoms with Crippen molar-refractivity contribution in [2.75, 3.05) is 12.4 Å². The maximum atomic E-state index is 13.4. The number of rotatable bonds is 8. The molecule has 0 saturated carbocycles. The van der Waals surface area contributed by atoms with Crippen LogP contribution in [0.25, 0.3) is 10.9 Å². The van der Waals surface area contributed by atoms with Crippen LogP contribution < -0.4 is 26.0 Å². The van der Waals surface area contributed by atoms with E-state index in [1.807, 2.05) is 6.07 Å². The molecule has 37 heavy (non-hydrogen) atoms. The molecule has 0 fully saturated rings. The lowest BCUT2D eigenvalue weighted by Crippen LogP contribution is -2.45. The number of anilines is 1. The van der Waals surface area contributed by atoms with Crippen molar-refractivity contribution in [1.29, 1.82) is 0 Å². The van der Waals surface area contributed by atoms with Crippen molar-refractivity contribution in [3.05, 3.63) is 99.2 Å². The maximum absolute atomic E-state index is 13.4. The number of methoxy groups -OCH3 is 1. The molecule has 10 nitrogen and oxygen atoms in total. The number of sulfonamides is 1. The lowest BCUT2D eigenvalue weighted by Gasteiger charge is -2.20. The highest BCUT2D eigenvalue weighted by atomic mass is 32.2. The van der Waals surface area contributed by atoms with Crippen LogP contribution in [0.4, 0.5) is 5.69 Å². The van der Waals surface area contributed by atoms with Gasteiger partial charge in [-0.2, -0.15) is 4.72 Å². The number of hydrogen-bond acceptors (Lipinski definition) is 6. The second-order valence-corrected chi connectivity index (χ2v) is 10.2. The zero-order valence-corrected chi connectivity index (χ0v) is 21.3. The average molecular weight is 523 g/mol. The first-order chi connectivity index (χ1) is 17.6. The van der Waals surface area contributed by atoms with E-state index in [4.69, 9.17) is 4.74 Å². The predicted octanol–water partition coefficient (Wildman–Crippen LogP) is 1.77. The lowest BCUT2D eigenvalue weighted by atomic mass is 10.1. The minimum atomic E-state index is -4.25. The number of fused-ring (bicyclic) bond motifs is 1. The number of benzene rings is 3. The van der Waals surface area contributed by atoms with E-state index in [2.05, 4.69) is 10.0 Å². The minimum Gasteiger partial charge on any atom is -0.495 e. The van der Waals surface area contributed by atoms with Crippen molar-refractivity contribution in [2.45, 2.75) is 17.4 Å². The monoisotopic (exact) mass is 522 g/mol. The van der Waals surface area contributed by atoms with Gasteiger partial charge in [-0.1, -0.05) is 42.5 Å². The highest BCUT2D eigenvalue weighted by Crippen LogP contribution is 2.24. The number of amides is 1. The molecular weight excluding hydrogens is 496 g/mol. The summed E-state index contributed by atoms with van der Waals surface area (Å²) in [6.07, 6.45) is 0.0743. The van der Waals surface area contributed by atoms with Crippen LogP contribution in [0.2, 0.25) is 0 Å². The van der Waals surface area contributed by atoms with Crippen molar-refractivity contribution in [3.8, 4) is 5.75 Å². The van der Waals surface area contributed by atoms with Gasteiger partial charge in [-0.25, -0.2) is 13.2 Å². The number of carbonyl (C=O) groups excluding carboxylic acids is 1. The standard InChI is InChI=1S/C26H26N4O6S/c1-29-22-14-13-18(16-19(22)25(32)30(2)26(29)33)37(34,35)28-21(15-17-9-5-4-6-10-17)24(31)27-20-11-7-8-12-23(20)36-3/h4-14,16,21,28H,15H2,1-3H3,(H,27,31)/t21-/m1/s1. The topological polar surface area (TPSA) is 128 Å². The number of aromatic nitrogens is 2. The van der Waals surface area contributed by atoms with Crippen molar-refractivity contribution in [1.82, 2.24) is 13.9 Å². The molecule has 0 aliphatic carbocycles. The molecule has 192 valence electrons. The van der Waals surface area contributed by atoms with Gasteiger partial charge < -0.3 is 10.1 Å². The fourth-order valence-corrected chi connectivity index (χ4v) is 5.22. The molecule has 1 aromatic heterocycles. The molecule has 1 atom stereocenters. The van der Waals surface area contributed by atoms with E-state index < -0.39 is 33.2 Å². The Morgan fingerprint density at radius 1 is 0.946 bits per heavy atom. The second kappa shape index (κ2) is 10.4. The number of hydrogen-bond donors (Lipinski definition) is 2.